The van der Waals surface area contributed by atoms with Crippen molar-refractivity contribution in [2.75, 3.05) is 19.0 Å². The van der Waals surface area contributed by atoms with Crippen molar-refractivity contribution in [3.63, 3.8) is 0 Å². The minimum absolute atomic E-state index is 0.104. The van der Waals surface area contributed by atoms with Gasteiger partial charge in [-0.15, -0.1) is 0 Å². The lowest BCUT2D eigenvalue weighted by molar-refractivity contribution is 0.102. The number of hydrogen-bond donors (Lipinski definition) is 2. The van der Waals surface area contributed by atoms with Crippen molar-refractivity contribution in [3.8, 4) is 16.9 Å². The Bertz CT molecular complexity index is 1400. The van der Waals surface area contributed by atoms with Gasteiger partial charge in [-0.3, -0.25) is 4.79 Å². The molecule has 180 valence electrons. The van der Waals surface area contributed by atoms with Crippen LogP contribution in [-0.2, 0) is 14.8 Å². The van der Waals surface area contributed by atoms with Gasteiger partial charge in [-0.25, -0.2) is 17.8 Å². The Balaban J connectivity index is 1.49. The molecule has 1 aromatic heterocycles. The van der Waals surface area contributed by atoms with Crippen molar-refractivity contribution in [1.29, 1.82) is 0 Å². The standard InChI is InChI=1S/C26H26N4O4S/c1-19(18-34-2)29-35(32,33)24-13-11-22(12-14-24)28-26(31)21-9-6-10-23(17-21)30-25(15-16-27-30)20-7-4-3-5-8-20/h3-17,19,29H,18H2,1-2H3,(H,28,31). The van der Waals surface area contributed by atoms with Crippen LogP contribution in [0.25, 0.3) is 16.9 Å². The Morgan fingerprint density at radius 1 is 1.00 bits per heavy atom. The van der Waals surface area contributed by atoms with Crippen molar-refractivity contribution in [2.24, 2.45) is 0 Å². The molecule has 4 aromatic rings. The summed E-state index contributed by atoms with van der Waals surface area (Å²) in [5, 5.41) is 7.24. The molecule has 0 aliphatic rings. The Kier molecular flexibility index (Phi) is 7.40. The van der Waals surface area contributed by atoms with Gasteiger partial charge in [0.25, 0.3) is 5.91 Å². The molecule has 2 N–H and O–H groups in total. The van der Waals surface area contributed by atoms with Crippen LogP contribution in [-0.4, -0.2) is 43.9 Å². The molecule has 0 bridgehead atoms. The van der Waals surface area contributed by atoms with Gasteiger partial charge in [0.15, 0.2) is 0 Å². The van der Waals surface area contributed by atoms with Crippen LogP contribution < -0.4 is 10.0 Å². The third-order valence-corrected chi connectivity index (χ3v) is 6.87. The predicted octanol–water partition coefficient (Wildman–Crippen LogP) is 4.10. The van der Waals surface area contributed by atoms with Crippen LogP contribution in [0.4, 0.5) is 5.69 Å². The lowest BCUT2D eigenvalue weighted by Gasteiger charge is -2.13. The summed E-state index contributed by atoms with van der Waals surface area (Å²) in [5.74, 6) is -0.317. The van der Waals surface area contributed by atoms with Gasteiger partial charge in [-0.1, -0.05) is 36.4 Å². The first-order valence-corrected chi connectivity index (χ1v) is 12.5. The van der Waals surface area contributed by atoms with E-state index in [1.54, 1.807) is 48.1 Å². The number of carbonyl (C=O) groups excluding carboxylic acids is 1. The quantitative estimate of drug-likeness (QED) is 0.368. The second kappa shape index (κ2) is 10.6. The fraction of sp³-hybridized carbons (Fsp3) is 0.154. The number of amides is 1. The van der Waals surface area contributed by atoms with E-state index in [1.165, 1.54) is 19.2 Å². The van der Waals surface area contributed by atoms with E-state index < -0.39 is 10.0 Å². The van der Waals surface area contributed by atoms with Gasteiger partial charge in [0, 0.05) is 30.0 Å². The topological polar surface area (TPSA) is 102 Å². The predicted molar refractivity (Wildman–Crippen MR) is 135 cm³/mol. The molecule has 9 heteroatoms. The van der Waals surface area contributed by atoms with Gasteiger partial charge >= 0.3 is 0 Å². The number of ether oxygens (including phenoxy) is 1. The van der Waals surface area contributed by atoms with E-state index in [2.05, 4.69) is 15.1 Å². The summed E-state index contributed by atoms with van der Waals surface area (Å²) < 4.78 is 34.3. The third-order valence-electron chi connectivity index (χ3n) is 5.26. The number of nitrogens with zero attached hydrogens (tertiary/aromatic N) is 2. The molecule has 0 spiro atoms. The fourth-order valence-corrected chi connectivity index (χ4v) is 4.88. The highest BCUT2D eigenvalue weighted by Gasteiger charge is 2.17. The molecule has 0 aliphatic carbocycles. The average Bonchev–Trinajstić information content (AvgIpc) is 3.35. The second-order valence-electron chi connectivity index (χ2n) is 8.00. The zero-order valence-corrected chi connectivity index (χ0v) is 20.2. The summed E-state index contributed by atoms with van der Waals surface area (Å²) in [5.41, 5.74) is 3.60. The van der Waals surface area contributed by atoms with Crippen LogP contribution in [0.1, 0.15) is 17.3 Å². The molecule has 8 nitrogen and oxygen atoms in total. The van der Waals surface area contributed by atoms with Crippen molar-refractivity contribution in [2.45, 2.75) is 17.9 Å². The largest absolute Gasteiger partial charge is 0.383 e. The molecule has 35 heavy (non-hydrogen) atoms. The Labute approximate surface area is 204 Å². The second-order valence-corrected chi connectivity index (χ2v) is 9.71. The Morgan fingerprint density at radius 3 is 2.46 bits per heavy atom. The highest BCUT2D eigenvalue weighted by atomic mass is 32.2. The number of methoxy groups -OCH3 is 1. The molecule has 0 fully saturated rings. The zero-order valence-electron chi connectivity index (χ0n) is 19.4. The summed E-state index contributed by atoms with van der Waals surface area (Å²) in [6, 6.07) is 24.6. The molecular formula is C26H26N4O4S. The van der Waals surface area contributed by atoms with Gasteiger partial charge in [0.2, 0.25) is 10.0 Å². The molecule has 0 saturated carbocycles. The molecule has 1 heterocycles. The molecular weight excluding hydrogens is 464 g/mol. The molecule has 1 atom stereocenters. The number of anilines is 1. The van der Waals surface area contributed by atoms with Gasteiger partial charge < -0.3 is 10.1 Å². The summed E-state index contributed by atoms with van der Waals surface area (Å²) in [6.45, 7) is 1.98. The van der Waals surface area contributed by atoms with Crippen molar-refractivity contribution in [1.82, 2.24) is 14.5 Å². The minimum atomic E-state index is -3.69. The van der Waals surface area contributed by atoms with Crippen LogP contribution in [0.2, 0.25) is 0 Å². The maximum absolute atomic E-state index is 12.9. The molecule has 3 aromatic carbocycles. The van der Waals surface area contributed by atoms with E-state index in [0.717, 1.165) is 16.9 Å². The van der Waals surface area contributed by atoms with Crippen LogP contribution >= 0.6 is 0 Å². The van der Waals surface area contributed by atoms with Crippen LogP contribution in [0.5, 0.6) is 0 Å². The Hall–Kier alpha value is -3.79. The first-order valence-electron chi connectivity index (χ1n) is 11.0. The van der Waals surface area contributed by atoms with Gasteiger partial charge in [0.1, 0.15) is 0 Å². The van der Waals surface area contributed by atoms with Crippen molar-refractivity contribution in [3.05, 3.63) is 96.7 Å². The molecule has 0 saturated heterocycles. The van der Waals surface area contributed by atoms with Crippen LogP contribution in [0, 0.1) is 0 Å². The number of sulfonamides is 1. The van der Waals surface area contributed by atoms with E-state index in [1.807, 2.05) is 42.5 Å². The maximum Gasteiger partial charge on any atom is 0.255 e. The molecule has 4 rings (SSSR count). The number of hydrogen-bond acceptors (Lipinski definition) is 5. The first-order chi connectivity index (χ1) is 16.9. The number of aromatic nitrogens is 2. The lowest BCUT2D eigenvalue weighted by Crippen LogP contribution is -2.35. The number of carbonyl (C=O) groups is 1. The summed E-state index contributed by atoms with van der Waals surface area (Å²) in [7, 11) is -2.18. The highest BCUT2D eigenvalue weighted by Crippen LogP contribution is 2.23. The normalized spacial score (nSPS) is 12.3. The highest BCUT2D eigenvalue weighted by molar-refractivity contribution is 7.89. The molecule has 1 amide bonds. The molecule has 0 aliphatic heterocycles. The van der Waals surface area contributed by atoms with Gasteiger partial charge in [-0.05, 0) is 55.5 Å². The summed E-state index contributed by atoms with van der Waals surface area (Å²) in [4.78, 5) is 13.0. The summed E-state index contributed by atoms with van der Waals surface area (Å²) in [6.07, 6.45) is 1.72. The first kappa shape index (κ1) is 24.3. The Morgan fingerprint density at radius 2 is 1.74 bits per heavy atom. The van der Waals surface area contributed by atoms with Crippen LogP contribution in [0.15, 0.2) is 96.0 Å². The van der Waals surface area contributed by atoms with Crippen molar-refractivity contribution >= 4 is 21.6 Å². The van der Waals surface area contributed by atoms with Crippen LogP contribution in [0.3, 0.4) is 0 Å². The van der Waals surface area contributed by atoms with E-state index in [9.17, 15) is 13.2 Å². The van der Waals surface area contributed by atoms with E-state index in [4.69, 9.17) is 4.74 Å². The smallest absolute Gasteiger partial charge is 0.255 e. The minimum Gasteiger partial charge on any atom is -0.383 e. The van der Waals surface area contributed by atoms with Gasteiger partial charge in [-0.2, -0.15) is 5.10 Å². The molecule has 0 radical (unpaired) electrons. The number of benzene rings is 3. The number of nitrogens with one attached hydrogen (secondary N) is 2. The molecule has 1 unspecified atom stereocenters. The van der Waals surface area contributed by atoms with E-state index in [0.29, 0.717) is 11.3 Å². The lowest BCUT2D eigenvalue weighted by atomic mass is 10.1. The monoisotopic (exact) mass is 490 g/mol. The SMILES string of the molecule is COCC(C)NS(=O)(=O)c1ccc(NC(=O)c2cccc(-n3nccc3-c3ccccc3)c2)cc1. The van der Waals surface area contributed by atoms with Crippen molar-refractivity contribution < 1.29 is 17.9 Å². The zero-order chi connectivity index (χ0) is 24.8. The fourth-order valence-electron chi connectivity index (χ4n) is 3.65. The third kappa shape index (κ3) is 5.83. The number of rotatable bonds is 9. The van der Waals surface area contributed by atoms with Gasteiger partial charge in [0.05, 0.1) is 29.1 Å². The summed E-state index contributed by atoms with van der Waals surface area (Å²) >= 11 is 0. The van der Waals surface area contributed by atoms with E-state index >= 15 is 0 Å². The maximum atomic E-state index is 12.9. The average molecular weight is 491 g/mol. The van der Waals surface area contributed by atoms with E-state index in [-0.39, 0.29) is 23.5 Å².